The number of carboxylic acid groups (broad SMARTS) is 1. The predicted octanol–water partition coefficient (Wildman–Crippen LogP) is 2.07. The Morgan fingerprint density at radius 2 is 1.96 bits per heavy atom. The van der Waals surface area contributed by atoms with Gasteiger partial charge in [0.15, 0.2) is 0 Å². The third kappa shape index (κ3) is 3.66. The van der Waals surface area contributed by atoms with E-state index in [4.69, 9.17) is 9.84 Å². The van der Waals surface area contributed by atoms with Crippen LogP contribution >= 0.6 is 0 Å². The molecule has 7 heteroatoms. The van der Waals surface area contributed by atoms with Crippen LogP contribution in [0.1, 0.15) is 12.0 Å². The summed E-state index contributed by atoms with van der Waals surface area (Å²) in [6.45, 7) is 0. The largest absolute Gasteiger partial charge is 0.497 e. The minimum atomic E-state index is -0.906. The smallest absolute Gasteiger partial charge is 0.307 e. The second kappa shape index (κ2) is 7.26. The lowest BCUT2D eigenvalue weighted by Gasteiger charge is -2.17. The standard InChI is InChI=1S/C19H18N2O5/c1-26-15-4-2-3-14(10-15)21-17(22)11-16(19(21)25)20-13-7-5-12(6-8-13)9-18(23)24/h2-8,10,16,20H,9,11H2,1H3,(H,23,24)/t16-/m1/s1. The Hall–Kier alpha value is -3.35. The first kappa shape index (κ1) is 17.5. The number of benzene rings is 2. The SMILES string of the molecule is COc1cccc(N2C(=O)C[C@@H](Nc3ccc(CC(=O)O)cc3)C2=O)c1. The van der Waals surface area contributed by atoms with Crippen LogP contribution in [-0.2, 0) is 20.8 Å². The summed E-state index contributed by atoms with van der Waals surface area (Å²) < 4.78 is 5.14. The molecule has 0 aliphatic carbocycles. The zero-order valence-electron chi connectivity index (χ0n) is 14.1. The van der Waals surface area contributed by atoms with Crippen molar-refractivity contribution in [2.24, 2.45) is 0 Å². The first-order valence-corrected chi connectivity index (χ1v) is 8.06. The van der Waals surface area contributed by atoms with Crippen LogP contribution in [0.5, 0.6) is 5.75 Å². The van der Waals surface area contributed by atoms with Crippen molar-refractivity contribution in [3.63, 3.8) is 0 Å². The Morgan fingerprint density at radius 1 is 1.23 bits per heavy atom. The summed E-state index contributed by atoms with van der Waals surface area (Å²) >= 11 is 0. The molecule has 2 aromatic carbocycles. The van der Waals surface area contributed by atoms with Crippen LogP contribution in [0, 0.1) is 0 Å². The Balaban J connectivity index is 1.73. The van der Waals surface area contributed by atoms with Gasteiger partial charge in [0.25, 0.3) is 5.91 Å². The molecule has 0 saturated carbocycles. The van der Waals surface area contributed by atoms with E-state index >= 15 is 0 Å². The average molecular weight is 354 g/mol. The van der Waals surface area contributed by atoms with Crippen LogP contribution in [0.15, 0.2) is 48.5 Å². The molecule has 0 radical (unpaired) electrons. The van der Waals surface area contributed by atoms with Crippen LogP contribution in [0.4, 0.5) is 11.4 Å². The topological polar surface area (TPSA) is 95.9 Å². The molecule has 1 saturated heterocycles. The molecule has 0 unspecified atom stereocenters. The quantitative estimate of drug-likeness (QED) is 0.771. The fraction of sp³-hybridized carbons (Fsp3) is 0.211. The van der Waals surface area contributed by atoms with E-state index in [9.17, 15) is 14.4 Å². The number of amides is 2. The van der Waals surface area contributed by atoms with Crippen molar-refractivity contribution in [1.29, 1.82) is 0 Å². The molecular formula is C19H18N2O5. The van der Waals surface area contributed by atoms with Gasteiger partial charge in [-0.25, -0.2) is 4.90 Å². The van der Waals surface area contributed by atoms with Crippen molar-refractivity contribution in [2.45, 2.75) is 18.9 Å². The van der Waals surface area contributed by atoms with E-state index < -0.39 is 12.0 Å². The van der Waals surface area contributed by atoms with Gasteiger partial charge in [0.05, 0.1) is 25.6 Å². The molecule has 1 fully saturated rings. The highest BCUT2D eigenvalue weighted by Crippen LogP contribution is 2.27. The predicted molar refractivity (Wildman–Crippen MR) is 95.3 cm³/mol. The van der Waals surface area contributed by atoms with E-state index in [0.717, 1.165) is 4.90 Å². The average Bonchev–Trinajstić information content (AvgIpc) is 2.90. The van der Waals surface area contributed by atoms with Crippen LogP contribution in [0.2, 0.25) is 0 Å². The van der Waals surface area contributed by atoms with E-state index in [1.165, 1.54) is 7.11 Å². The molecule has 2 amide bonds. The number of carbonyl (C=O) groups excluding carboxylic acids is 2. The summed E-state index contributed by atoms with van der Waals surface area (Å²) in [5.41, 5.74) is 1.79. The van der Waals surface area contributed by atoms with E-state index in [-0.39, 0.29) is 24.7 Å². The fourth-order valence-corrected chi connectivity index (χ4v) is 2.86. The number of ether oxygens (including phenoxy) is 1. The summed E-state index contributed by atoms with van der Waals surface area (Å²) in [6.07, 6.45) is -0.0162. The second-order valence-corrected chi connectivity index (χ2v) is 5.94. The maximum atomic E-state index is 12.7. The Kier molecular flexibility index (Phi) is 4.88. The van der Waals surface area contributed by atoms with Gasteiger partial charge in [-0.2, -0.15) is 0 Å². The number of carbonyl (C=O) groups is 3. The lowest BCUT2D eigenvalue weighted by molar-refractivity contribution is -0.136. The van der Waals surface area contributed by atoms with Gasteiger partial charge in [0.1, 0.15) is 11.8 Å². The van der Waals surface area contributed by atoms with Crippen molar-refractivity contribution in [1.82, 2.24) is 0 Å². The molecule has 0 bridgehead atoms. The van der Waals surface area contributed by atoms with Gasteiger partial charge in [0.2, 0.25) is 5.91 Å². The van der Waals surface area contributed by atoms with Gasteiger partial charge in [-0.1, -0.05) is 18.2 Å². The van der Waals surface area contributed by atoms with Gasteiger partial charge < -0.3 is 15.2 Å². The molecule has 2 aromatic rings. The first-order chi connectivity index (χ1) is 12.5. The monoisotopic (exact) mass is 354 g/mol. The van der Waals surface area contributed by atoms with E-state index in [2.05, 4.69) is 5.32 Å². The number of nitrogens with one attached hydrogen (secondary N) is 1. The summed E-state index contributed by atoms with van der Waals surface area (Å²) in [5, 5.41) is 11.8. The molecule has 1 aliphatic heterocycles. The molecule has 3 rings (SSSR count). The zero-order chi connectivity index (χ0) is 18.7. The fourth-order valence-electron chi connectivity index (χ4n) is 2.86. The Morgan fingerprint density at radius 3 is 2.62 bits per heavy atom. The summed E-state index contributed by atoms with van der Waals surface area (Å²) in [6, 6.07) is 12.9. The summed E-state index contributed by atoms with van der Waals surface area (Å²) in [7, 11) is 1.52. The maximum absolute atomic E-state index is 12.7. The van der Waals surface area contributed by atoms with Crippen molar-refractivity contribution in [2.75, 3.05) is 17.3 Å². The maximum Gasteiger partial charge on any atom is 0.307 e. The van der Waals surface area contributed by atoms with E-state index in [1.54, 1.807) is 48.5 Å². The number of anilines is 2. The van der Waals surface area contributed by atoms with Gasteiger partial charge in [0, 0.05) is 11.8 Å². The minimum Gasteiger partial charge on any atom is -0.497 e. The normalized spacial score (nSPS) is 16.7. The molecule has 2 N–H and O–H groups in total. The van der Waals surface area contributed by atoms with Crippen molar-refractivity contribution in [3.8, 4) is 5.75 Å². The van der Waals surface area contributed by atoms with E-state index in [0.29, 0.717) is 22.7 Å². The van der Waals surface area contributed by atoms with Gasteiger partial charge in [-0.3, -0.25) is 14.4 Å². The van der Waals surface area contributed by atoms with Crippen molar-refractivity contribution in [3.05, 3.63) is 54.1 Å². The highest BCUT2D eigenvalue weighted by atomic mass is 16.5. The summed E-state index contributed by atoms with van der Waals surface area (Å²) in [5.74, 6) is -0.967. The van der Waals surface area contributed by atoms with Gasteiger partial charge >= 0.3 is 5.97 Å². The van der Waals surface area contributed by atoms with Crippen LogP contribution < -0.4 is 15.0 Å². The summed E-state index contributed by atoms with van der Waals surface area (Å²) in [4.78, 5) is 36.8. The number of aliphatic carboxylic acids is 1. The molecular weight excluding hydrogens is 336 g/mol. The number of hydrogen-bond acceptors (Lipinski definition) is 5. The highest BCUT2D eigenvalue weighted by Gasteiger charge is 2.39. The number of nitrogens with zero attached hydrogens (tertiary/aromatic N) is 1. The second-order valence-electron chi connectivity index (χ2n) is 5.94. The molecule has 0 spiro atoms. The van der Waals surface area contributed by atoms with Gasteiger partial charge in [-0.05, 0) is 29.8 Å². The van der Waals surface area contributed by atoms with Crippen LogP contribution in [0.25, 0.3) is 0 Å². The highest BCUT2D eigenvalue weighted by molar-refractivity contribution is 6.23. The number of hydrogen-bond donors (Lipinski definition) is 2. The van der Waals surface area contributed by atoms with Crippen molar-refractivity contribution >= 4 is 29.2 Å². The molecule has 1 heterocycles. The minimum absolute atomic E-state index is 0.0485. The number of carboxylic acids is 1. The van der Waals surface area contributed by atoms with Gasteiger partial charge in [-0.15, -0.1) is 0 Å². The first-order valence-electron chi connectivity index (χ1n) is 8.06. The molecule has 0 aromatic heterocycles. The number of rotatable bonds is 6. The third-order valence-corrected chi connectivity index (χ3v) is 4.11. The molecule has 134 valence electrons. The van der Waals surface area contributed by atoms with E-state index in [1.807, 2.05) is 0 Å². The lowest BCUT2D eigenvalue weighted by atomic mass is 10.1. The lowest BCUT2D eigenvalue weighted by Crippen LogP contribution is -2.34. The molecule has 1 atom stereocenters. The number of imide groups is 1. The van der Waals surface area contributed by atoms with Crippen LogP contribution in [0.3, 0.4) is 0 Å². The third-order valence-electron chi connectivity index (χ3n) is 4.11. The Labute approximate surface area is 150 Å². The van der Waals surface area contributed by atoms with Crippen molar-refractivity contribution < 1.29 is 24.2 Å². The molecule has 7 nitrogen and oxygen atoms in total. The zero-order valence-corrected chi connectivity index (χ0v) is 14.1. The molecule has 26 heavy (non-hydrogen) atoms. The Bertz CT molecular complexity index is 847. The number of methoxy groups -OCH3 is 1. The molecule has 1 aliphatic rings. The van der Waals surface area contributed by atoms with Crippen LogP contribution in [-0.4, -0.2) is 36.0 Å².